The molecular formula is C15H17N3O3. The van der Waals surface area contributed by atoms with Crippen molar-refractivity contribution < 1.29 is 9.66 Å². The maximum Gasteiger partial charge on any atom is 0.290 e. The summed E-state index contributed by atoms with van der Waals surface area (Å²) in [5, 5.41) is 13.9. The summed E-state index contributed by atoms with van der Waals surface area (Å²) in [6.45, 7) is 2.34. The number of methoxy groups -OCH3 is 1. The maximum absolute atomic E-state index is 10.7. The van der Waals surface area contributed by atoms with Crippen LogP contribution in [-0.2, 0) is 6.42 Å². The Kier molecular flexibility index (Phi) is 4.71. The number of aryl methyl sites for hydroxylation is 1. The van der Waals surface area contributed by atoms with Gasteiger partial charge in [0.1, 0.15) is 17.3 Å². The van der Waals surface area contributed by atoms with E-state index >= 15 is 0 Å². The van der Waals surface area contributed by atoms with Gasteiger partial charge >= 0.3 is 0 Å². The van der Waals surface area contributed by atoms with Crippen LogP contribution in [0.25, 0.3) is 0 Å². The summed E-state index contributed by atoms with van der Waals surface area (Å²) in [6, 6.07) is 11.0. The number of hydrogen-bond acceptors (Lipinski definition) is 5. The second-order valence-corrected chi connectivity index (χ2v) is 4.58. The van der Waals surface area contributed by atoms with E-state index in [1.807, 2.05) is 24.3 Å². The van der Waals surface area contributed by atoms with Gasteiger partial charge in [-0.2, -0.15) is 0 Å². The third kappa shape index (κ3) is 3.92. The molecule has 0 amide bonds. The third-order valence-electron chi connectivity index (χ3n) is 3.13. The summed E-state index contributed by atoms with van der Waals surface area (Å²) in [6.07, 6.45) is 0.835. The van der Waals surface area contributed by atoms with Crippen molar-refractivity contribution in [2.45, 2.75) is 13.3 Å². The minimum Gasteiger partial charge on any atom is -0.497 e. The number of aromatic nitrogens is 1. The van der Waals surface area contributed by atoms with Crippen molar-refractivity contribution in [3.63, 3.8) is 0 Å². The van der Waals surface area contributed by atoms with Crippen LogP contribution in [0.3, 0.4) is 0 Å². The molecule has 21 heavy (non-hydrogen) atoms. The first-order valence-corrected chi connectivity index (χ1v) is 6.59. The highest BCUT2D eigenvalue weighted by Crippen LogP contribution is 2.18. The zero-order chi connectivity index (χ0) is 15.2. The van der Waals surface area contributed by atoms with Crippen LogP contribution in [-0.4, -0.2) is 23.6 Å². The molecule has 0 bridgehead atoms. The van der Waals surface area contributed by atoms with Crippen LogP contribution in [0.1, 0.15) is 11.3 Å². The summed E-state index contributed by atoms with van der Waals surface area (Å²) < 4.78 is 5.11. The van der Waals surface area contributed by atoms with E-state index in [2.05, 4.69) is 10.3 Å². The molecule has 0 aliphatic rings. The molecule has 0 fully saturated rings. The van der Waals surface area contributed by atoms with E-state index in [0.29, 0.717) is 18.1 Å². The van der Waals surface area contributed by atoms with Crippen molar-refractivity contribution in [2.24, 2.45) is 0 Å². The standard InChI is InChI=1S/C15H17N3O3/c1-11-14(18(19)20)7-8-15(17-11)16-10-9-12-3-5-13(21-2)6-4-12/h3-8H,9-10H2,1-2H3,(H,16,17). The van der Waals surface area contributed by atoms with Gasteiger partial charge in [-0.1, -0.05) is 12.1 Å². The molecule has 1 aromatic carbocycles. The van der Waals surface area contributed by atoms with E-state index in [0.717, 1.165) is 12.2 Å². The van der Waals surface area contributed by atoms with E-state index < -0.39 is 4.92 Å². The number of pyridine rings is 1. The van der Waals surface area contributed by atoms with Gasteiger partial charge in [0.15, 0.2) is 0 Å². The summed E-state index contributed by atoms with van der Waals surface area (Å²) in [7, 11) is 1.64. The number of nitrogens with zero attached hydrogens (tertiary/aromatic N) is 2. The molecule has 6 heteroatoms. The van der Waals surface area contributed by atoms with Crippen LogP contribution < -0.4 is 10.1 Å². The molecule has 0 radical (unpaired) electrons. The molecule has 0 atom stereocenters. The van der Waals surface area contributed by atoms with Gasteiger partial charge < -0.3 is 10.1 Å². The molecule has 2 aromatic rings. The number of ether oxygens (including phenoxy) is 1. The fraction of sp³-hybridized carbons (Fsp3) is 0.267. The fourth-order valence-corrected chi connectivity index (χ4v) is 1.97. The van der Waals surface area contributed by atoms with Crippen LogP contribution in [0.15, 0.2) is 36.4 Å². The summed E-state index contributed by atoms with van der Waals surface area (Å²) in [4.78, 5) is 14.5. The molecule has 0 aliphatic carbocycles. The van der Waals surface area contributed by atoms with Crippen molar-refractivity contribution in [2.75, 3.05) is 19.0 Å². The SMILES string of the molecule is COc1ccc(CCNc2ccc([N+](=O)[O-])c(C)n2)cc1. The highest BCUT2D eigenvalue weighted by Gasteiger charge is 2.11. The van der Waals surface area contributed by atoms with Gasteiger partial charge in [-0.3, -0.25) is 10.1 Å². The van der Waals surface area contributed by atoms with Crippen LogP contribution in [0.4, 0.5) is 11.5 Å². The second kappa shape index (κ2) is 6.69. The van der Waals surface area contributed by atoms with Gasteiger partial charge in [0.05, 0.1) is 12.0 Å². The van der Waals surface area contributed by atoms with E-state index in [9.17, 15) is 10.1 Å². The smallest absolute Gasteiger partial charge is 0.290 e. The Hall–Kier alpha value is -2.63. The van der Waals surface area contributed by atoms with Gasteiger partial charge in [-0.15, -0.1) is 0 Å². The quantitative estimate of drug-likeness (QED) is 0.653. The maximum atomic E-state index is 10.7. The van der Waals surface area contributed by atoms with Crippen molar-refractivity contribution in [1.82, 2.24) is 4.98 Å². The normalized spacial score (nSPS) is 10.2. The third-order valence-corrected chi connectivity index (χ3v) is 3.13. The van der Waals surface area contributed by atoms with Crippen molar-refractivity contribution in [3.8, 4) is 5.75 Å². The van der Waals surface area contributed by atoms with Crippen molar-refractivity contribution in [1.29, 1.82) is 0 Å². The first-order chi connectivity index (χ1) is 10.1. The lowest BCUT2D eigenvalue weighted by Crippen LogP contribution is -2.07. The topological polar surface area (TPSA) is 77.3 Å². The molecule has 1 aromatic heterocycles. The number of nitrogens with one attached hydrogen (secondary N) is 1. The lowest BCUT2D eigenvalue weighted by Gasteiger charge is -2.07. The number of nitro groups is 1. The molecule has 110 valence electrons. The van der Waals surface area contributed by atoms with Gasteiger partial charge in [-0.05, 0) is 37.1 Å². The Balaban J connectivity index is 1.91. The predicted molar refractivity (Wildman–Crippen MR) is 80.8 cm³/mol. The summed E-state index contributed by atoms with van der Waals surface area (Å²) >= 11 is 0. The van der Waals surface area contributed by atoms with Crippen LogP contribution >= 0.6 is 0 Å². The van der Waals surface area contributed by atoms with E-state index in [-0.39, 0.29) is 5.69 Å². The molecule has 0 saturated heterocycles. The fourth-order valence-electron chi connectivity index (χ4n) is 1.97. The molecule has 0 spiro atoms. The first kappa shape index (κ1) is 14.8. The summed E-state index contributed by atoms with van der Waals surface area (Å²) in [5.41, 5.74) is 1.63. The zero-order valence-corrected chi connectivity index (χ0v) is 12.0. The van der Waals surface area contributed by atoms with Gasteiger partial charge in [0, 0.05) is 12.6 Å². The monoisotopic (exact) mass is 287 g/mol. The van der Waals surface area contributed by atoms with Gasteiger partial charge in [-0.25, -0.2) is 4.98 Å². The van der Waals surface area contributed by atoms with E-state index in [1.54, 1.807) is 20.1 Å². The lowest BCUT2D eigenvalue weighted by atomic mass is 10.1. The lowest BCUT2D eigenvalue weighted by molar-refractivity contribution is -0.385. The molecule has 2 rings (SSSR count). The Morgan fingerprint density at radius 1 is 1.24 bits per heavy atom. The Morgan fingerprint density at radius 2 is 1.95 bits per heavy atom. The first-order valence-electron chi connectivity index (χ1n) is 6.59. The highest BCUT2D eigenvalue weighted by molar-refractivity contribution is 5.44. The van der Waals surface area contributed by atoms with E-state index in [1.165, 1.54) is 11.6 Å². The number of rotatable bonds is 6. The van der Waals surface area contributed by atoms with Crippen molar-refractivity contribution >= 4 is 11.5 Å². The Morgan fingerprint density at radius 3 is 2.52 bits per heavy atom. The Labute approximate surface area is 122 Å². The zero-order valence-electron chi connectivity index (χ0n) is 12.0. The molecule has 1 N–H and O–H groups in total. The minimum absolute atomic E-state index is 0.0377. The molecule has 0 saturated carbocycles. The minimum atomic E-state index is -0.427. The molecule has 1 heterocycles. The predicted octanol–water partition coefficient (Wildman–Crippen LogP) is 2.96. The number of benzene rings is 1. The van der Waals surface area contributed by atoms with Crippen LogP contribution in [0.2, 0.25) is 0 Å². The molecule has 0 unspecified atom stereocenters. The molecular weight excluding hydrogens is 270 g/mol. The van der Waals surface area contributed by atoms with Crippen LogP contribution in [0.5, 0.6) is 5.75 Å². The summed E-state index contributed by atoms with van der Waals surface area (Å²) in [5.74, 6) is 1.48. The average molecular weight is 287 g/mol. The second-order valence-electron chi connectivity index (χ2n) is 4.58. The van der Waals surface area contributed by atoms with Gasteiger partial charge in [0.25, 0.3) is 5.69 Å². The Bertz CT molecular complexity index is 627. The molecule has 6 nitrogen and oxygen atoms in total. The average Bonchev–Trinajstić information content (AvgIpc) is 2.47. The largest absolute Gasteiger partial charge is 0.497 e. The number of hydrogen-bond donors (Lipinski definition) is 1. The number of anilines is 1. The highest BCUT2D eigenvalue weighted by atomic mass is 16.6. The van der Waals surface area contributed by atoms with Crippen molar-refractivity contribution in [3.05, 3.63) is 57.8 Å². The van der Waals surface area contributed by atoms with Gasteiger partial charge in [0.2, 0.25) is 0 Å². The molecule has 0 aliphatic heterocycles. The van der Waals surface area contributed by atoms with Crippen LogP contribution in [0, 0.1) is 17.0 Å². The van der Waals surface area contributed by atoms with E-state index in [4.69, 9.17) is 4.74 Å².